The van der Waals surface area contributed by atoms with E-state index in [2.05, 4.69) is 32.7 Å². The van der Waals surface area contributed by atoms with Crippen molar-refractivity contribution in [3.8, 4) is 0 Å². The molecule has 1 aromatic heterocycles. The third kappa shape index (κ3) is 6.47. The zero-order valence-corrected chi connectivity index (χ0v) is 19.5. The molecule has 3 aromatic rings. The van der Waals surface area contributed by atoms with Gasteiger partial charge in [0, 0.05) is 27.4 Å². The Bertz CT molecular complexity index is 975. The lowest BCUT2D eigenvalue weighted by Gasteiger charge is -2.08. The molecule has 1 heterocycles. The molecule has 3 rings (SSSR count). The number of aromatic nitrogens is 3. The van der Waals surface area contributed by atoms with Gasteiger partial charge in [-0.1, -0.05) is 69.6 Å². The molecule has 0 bridgehead atoms. The number of nitrogens with zero attached hydrogens (tertiary/aromatic N) is 3. The van der Waals surface area contributed by atoms with E-state index in [-0.39, 0.29) is 5.78 Å². The largest absolute Gasteiger partial charge is 0.301 e. The van der Waals surface area contributed by atoms with Gasteiger partial charge in [-0.2, -0.15) is 0 Å². The quantitative estimate of drug-likeness (QED) is 0.183. The number of hydrogen-bond acceptors (Lipinski definition) is 5. The summed E-state index contributed by atoms with van der Waals surface area (Å²) in [7, 11) is 0. The lowest BCUT2D eigenvalue weighted by Crippen LogP contribution is -2.06. The Balaban J connectivity index is 1.60. The molecule has 2 aromatic carbocycles. The van der Waals surface area contributed by atoms with Gasteiger partial charge in [0.1, 0.15) is 5.82 Å². The van der Waals surface area contributed by atoms with Crippen LogP contribution in [0.4, 0.5) is 0 Å². The average Bonchev–Trinajstić information content (AvgIpc) is 3.10. The van der Waals surface area contributed by atoms with E-state index >= 15 is 0 Å². The third-order valence-corrected chi connectivity index (χ3v) is 6.76. The second kappa shape index (κ2) is 11.0. The zero-order chi connectivity index (χ0) is 20.6. The highest BCUT2D eigenvalue weighted by atomic mass is 79.9. The normalized spacial score (nSPS) is 10.8. The van der Waals surface area contributed by atoms with Crippen LogP contribution in [0, 0.1) is 0 Å². The number of hydrogen-bond donors (Lipinski definition) is 0. The van der Waals surface area contributed by atoms with Crippen molar-refractivity contribution in [2.45, 2.75) is 23.2 Å². The summed E-state index contributed by atoms with van der Waals surface area (Å²) < 4.78 is 2.97. The van der Waals surface area contributed by atoms with Gasteiger partial charge in [-0.15, -0.1) is 28.5 Å². The van der Waals surface area contributed by atoms with Crippen LogP contribution in [0.1, 0.15) is 21.7 Å². The van der Waals surface area contributed by atoms with Crippen LogP contribution in [0.25, 0.3) is 0 Å². The predicted molar refractivity (Wildman–Crippen MR) is 126 cm³/mol. The van der Waals surface area contributed by atoms with Crippen LogP contribution in [-0.4, -0.2) is 26.3 Å². The van der Waals surface area contributed by atoms with Crippen LogP contribution in [0.2, 0.25) is 5.02 Å². The Morgan fingerprint density at radius 3 is 2.52 bits per heavy atom. The number of carbonyl (C=O) groups excluding carboxylic acids is 1. The number of thioether (sulfide) groups is 2. The second-order valence-electron chi connectivity index (χ2n) is 6.14. The minimum absolute atomic E-state index is 0.0642. The molecule has 150 valence electrons. The molecule has 0 spiro atoms. The Labute approximate surface area is 192 Å². The van der Waals surface area contributed by atoms with Crippen LogP contribution in [0.5, 0.6) is 0 Å². The van der Waals surface area contributed by atoms with E-state index < -0.39 is 0 Å². The molecule has 0 aliphatic carbocycles. The summed E-state index contributed by atoms with van der Waals surface area (Å²) in [6.45, 7) is 4.44. The van der Waals surface area contributed by atoms with Gasteiger partial charge in [0.2, 0.25) is 0 Å². The first kappa shape index (κ1) is 22.2. The first-order valence-electron chi connectivity index (χ1n) is 8.83. The molecular formula is C21H19BrClN3OS2. The van der Waals surface area contributed by atoms with E-state index in [4.69, 9.17) is 11.6 Å². The topological polar surface area (TPSA) is 47.8 Å². The van der Waals surface area contributed by atoms with Crippen molar-refractivity contribution in [3.05, 3.63) is 87.6 Å². The molecule has 4 nitrogen and oxygen atoms in total. The molecule has 0 atom stereocenters. The van der Waals surface area contributed by atoms with Crippen LogP contribution in [0.3, 0.4) is 0 Å². The summed E-state index contributed by atoms with van der Waals surface area (Å²) in [6, 6.07) is 15.2. The van der Waals surface area contributed by atoms with Crippen molar-refractivity contribution < 1.29 is 4.79 Å². The van der Waals surface area contributed by atoms with Gasteiger partial charge in [0.05, 0.1) is 11.5 Å². The van der Waals surface area contributed by atoms with Gasteiger partial charge in [0.25, 0.3) is 0 Å². The van der Waals surface area contributed by atoms with Gasteiger partial charge in [-0.05, 0) is 29.8 Å². The molecular weight excluding hydrogens is 490 g/mol. The highest BCUT2D eigenvalue weighted by molar-refractivity contribution is 9.10. The SMILES string of the molecule is C=CCn1c(CSCc2ccc(Cl)cc2)nnc1SCC(=O)c1ccc(Br)cc1. The number of Topliss-reactive ketones (excluding diaryl/α,β-unsaturated/α-hetero) is 1. The fraction of sp³-hybridized carbons (Fsp3) is 0.190. The van der Waals surface area contributed by atoms with Gasteiger partial charge >= 0.3 is 0 Å². The van der Waals surface area contributed by atoms with Gasteiger partial charge < -0.3 is 4.57 Å². The average molecular weight is 509 g/mol. The summed E-state index contributed by atoms with van der Waals surface area (Å²) in [5, 5.41) is 10.1. The third-order valence-electron chi connectivity index (χ3n) is 4.02. The number of allylic oxidation sites excluding steroid dienone is 1. The number of halogens is 2. The summed E-state index contributed by atoms with van der Waals surface area (Å²) in [4.78, 5) is 12.4. The van der Waals surface area contributed by atoms with Crippen molar-refractivity contribution in [2.75, 3.05) is 5.75 Å². The van der Waals surface area contributed by atoms with Crippen molar-refractivity contribution in [2.24, 2.45) is 0 Å². The van der Waals surface area contributed by atoms with Crippen molar-refractivity contribution in [1.29, 1.82) is 0 Å². The monoisotopic (exact) mass is 507 g/mol. The molecule has 0 saturated carbocycles. The van der Waals surface area contributed by atoms with E-state index in [0.717, 1.165) is 32.0 Å². The second-order valence-corrected chi connectivity index (χ2v) is 9.42. The fourth-order valence-electron chi connectivity index (χ4n) is 2.54. The first-order valence-corrected chi connectivity index (χ1v) is 12.1. The Morgan fingerprint density at radius 2 is 1.83 bits per heavy atom. The molecule has 0 radical (unpaired) electrons. The predicted octanol–water partition coefficient (Wildman–Crippen LogP) is 6.29. The number of ketones is 1. The van der Waals surface area contributed by atoms with E-state index in [0.29, 0.717) is 17.9 Å². The molecule has 0 unspecified atom stereocenters. The summed E-state index contributed by atoms with van der Waals surface area (Å²) in [6.07, 6.45) is 1.82. The first-order chi connectivity index (χ1) is 14.1. The van der Waals surface area contributed by atoms with E-state index in [9.17, 15) is 4.79 Å². The highest BCUT2D eigenvalue weighted by Crippen LogP contribution is 2.23. The Hall–Kier alpha value is -1.54. The fourth-order valence-corrected chi connectivity index (χ4v) is 4.71. The summed E-state index contributed by atoms with van der Waals surface area (Å²) >= 11 is 12.5. The maximum atomic E-state index is 12.4. The standard InChI is InChI=1S/C21H19BrClN3OS2/c1-2-11-26-20(14-28-12-15-3-9-18(23)10-4-15)24-25-21(26)29-13-19(27)16-5-7-17(22)8-6-16/h2-10H,1,11-14H2. The number of rotatable bonds is 10. The molecule has 0 aliphatic rings. The van der Waals surface area contributed by atoms with Crippen LogP contribution >= 0.6 is 51.1 Å². The smallest absolute Gasteiger partial charge is 0.191 e. The molecule has 0 saturated heterocycles. The maximum Gasteiger partial charge on any atom is 0.191 e. The molecule has 0 N–H and O–H groups in total. The van der Waals surface area contributed by atoms with E-state index in [1.54, 1.807) is 11.8 Å². The Kier molecular flexibility index (Phi) is 8.41. The molecule has 8 heteroatoms. The zero-order valence-electron chi connectivity index (χ0n) is 15.6. The van der Waals surface area contributed by atoms with E-state index in [1.165, 1.54) is 17.3 Å². The lowest BCUT2D eigenvalue weighted by molar-refractivity contribution is 0.102. The van der Waals surface area contributed by atoms with E-state index in [1.807, 2.05) is 59.2 Å². The summed E-state index contributed by atoms with van der Waals surface area (Å²) in [5.74, 6) is 2.85. The van der Waals surface area contributed by atoms with Crippen LogP contribution < -0.4 is 0 Å². The highest BCUT2D eigenvalue weighted by Gasteiger charge is 2.14. The minimum atomic E-state index is 0.0642. The molecule has 0 amide bonds. The summed E-state index contributed by atoms with van der Waals surface area (Å²) in [5.41, 5.74) is 1.90. The van der Waals surface area contributed by atoms with Crippen LogP contribution in [-0.2, 0) is 18.1 Å². The van der Waals surface area contributed by atoms with Crippen LogP contribution in [0.15, 0.2) is 70.8 Å². The van der Waals surface area contributed by atoms with Gasteiger partial charge in [-0.3, -0.25) is 4.79 Å². The minimum Gasteiger partial charge on any atom is -0.301 e. The number of carbonyl (C=O) groups is 1. The van der Waals surface area contributed by atoms with Gasteiger partial charge in [-0.25, -0.2) is 0 Å². The van der Waals surface area contributed by atoms with Gasteiger partial charge in [0.15, 0.2) is 10.9 Å². The molecule has 29 heavy (non-hydrogen) atoms. The lowest BCUT2D eigenvalue weighted by atomic mass is 10.2. The van der Waals surface area contributed by atoms with Crippen molar-refractivity contribution in [1.82, 2.24) is 14.8 Å². The maximum absolute atomic E-state index is 12.4. The van der Waals surface area contributed by atoms with Crippen molar-refractivity contribution >= 4 is 56.8 Å². The molecule has 0 fully saturated rings. The number of benzene rings is 2. The Morgan fingerprint density at radius 1 is 1.10 bits per heavy atom. The van der Waals surface area contributed by atoms with Crippen molar-refractivity contribution in [3.63, 3.8) is 0 Å². The molecule has 0 aliphatic heterocycles.